The van der Waals surface area contributed by atoms with E-state index in [2.05, 4.69) is 4.98 Å². The molecule has 0 saturated heterocycles. The van der Waals surface area contributed by atoms with E-state index in [1.165, 1.54) is 0 Å². The predicted octanol–water partition coefficient (Wildman–Crippen LogP) is 5.00. The summed E-state index contributed by atoms with van der Waals surface area (Å²) in [5, 5.41) is -0.595. The van der Waals surface area contributed by atoms with Gasteiger partial charge in [0.1, 0.15) is 5.69 Å². The topological polar surface area (TPSA) is 30.0 Å². The molecule has 0 spiro atoms. The van der Waals surface area contributed by atoms with Gasteiger partial charge in [-0.1, -0.05) is 23.7 Å². The molecule has 1 aromatic heterocycles. The highest BCUT2D eigenvalue weighted by Crippen LogP contribution is 2.32. The molecule has 0 saturated carbocycles. The highest BCUT2D eigenvalue weighted by Gasteiger charge is 2.33. The number of pyridine rings is 1. The van der Waals surface area contributed by atoms with Gasteiger partial charge in [-0.25, -0.2) is 0 Å². The molecule has 0 fully saturated rings. The van der Waals surface area contributed by atoms with E-state index in [0.717, 1.165) is 18.2 Å². The third-order valence-corrected chi connectivity index (χ3v) is 3.12. The van der Waals surface area contributed by atoms with Gasteiger partial charge in [-0.2, -0.15) is 26.3 Å². The first-order valence-corrected chi connectivity index (χ1v) is 6.32. The Hall–Kier alpha value is -2.09. The summed E-state index contributed by atoms with van der Waals surface area (Å²) in [6.45, 7) is 0. The van der Waals surface area contributed by atoms with E-state index in [1.54, 1.807) is 0 Å². The predicted molar refractivity (Wildman–Crippen MR) is 69.1 cm³/mol. The second-order valence-corrected chi connectivity index (χ2v) is 4.87. The summed E-state index contributed by atoms with van der Waals surface area (Å²) in [5.74, 6) is -1.00. The van der Waals surface area contributed by atoms with Crippen LogP contribution in [0.4, 0.5) is 26.3 Å². The molecular weight excluding hydrogens is 348 g/mol. The highest BCUT2D eigenvalue weighted by atomic mass is 35.5. The normalized spacial score (nSPS) is 12.3. The van der Waals surface area contributed by atoms with Crippen molar-refractivity contribution in [1.29, 1.82) is 0 Å². The van der Waals surface area contributed by atoms with Gasteiger partial charge in [0.15, 0.2) is 0 Å². The fraction of sp³-hybridized carbons (Fsp3) is 0.143. The standard InChI is InChI=1S/C14H6ClF6NO/c15-10-5-9(14(19,20)21)6-22-11(10)12(23)7-2-1-3-8(4-7)13(16,17)18/h1-6H. The van der Waals surface area contributed by atoms with Crippen LogP contribution in [-0.2, 0) is 12.4 Å². The minimum atomic E-state index is -4.70. The van der Waals surface area contributed by atoms with Gasteiger partial charge >= 0.3 is 12.4 Å². The summed E-state index contributed by atoms with van der Waals surface area (Å²) < 4.78 is 75.4. The van der Waals surface area contributed by atoms with Crippen LogP contribution < -0.4 is 0 Å². The van der Waals surface area contributed by atoms with Crippen molar-refractivity contribution < 1.29 is 31.1 Å². The first kappa shape index (κ1) is 17.3. The molecule has 0 amide bonds. The highest BCUT2D eigenvalue weighted by molar-refractivity contribution is 6.34. The van der Waals surface area contributed by atoms with Crippen molar-refractivity contribution in [3.63, 3.8) is 0 Å². The quantitative estimate of drug-likeness (QED) is 0.561. The number of carbonyl (C=O) groups is 1. The lowest BCUT2D eigenvalue weighted by atomic mass is 10.0. The third kappa shape index (κ3) is 3.82. The molecule has 122 valence electrons. The Morgan fingerprint density at radius 2 is 1.57 bits per heavy atom. The van der Waals surface area contributed by atoms with Gasteiger partial charge < -0.3 is 0 Å². The summed E-state index contributed by atoms with van der Waals surface area (Å²) in [6, 6.07) is 3.94. The van der Waals surface area contributed by atoms with Crippen LogP contribution in [0, 0.1) is 0 Å². The molecule has 0 aliphatic heterocycles. The molecule has 0 aliphatic carbocycles. The molecule has 2 nitrogen and oxygen atoms in total. The summed E-state index contributed by atoms with van der Waals surface area (Å²) in [5.41, 5.74) is -3.16. The summed E-state index contributed by atoms with van der Waals surface area (Å²) in [7, 11) is 0. The Balaban J connectivity index is 2.42. The summed E-state index contributed by atoms with van der Waals surface area (Å²) in [6.07, 6.45) is -8.96. The second-order valence-electron chi connectivity index (χ2n) is 4.46. The SMILES string of the molecule is O=C(c1cccc(C(F)(F)F)c1)c1ncc(C(F)(F)F)cc1Cl. The van der Waals surface area contributed by atoms with Crippen LogP contribution >= 0.6 is 11.6 Å². The molecule has 0 unspecified atom stereocenters. The average molecular weight is 354 g/mol. The van der Waals surface area contributed by atoms with Gasteiger partial charge in [0, 0.05) is 11.8 Å². The lowest BCUT2D eigenvalue weighted by Gasteiger charge is -2.10. The Kier molecular flexibility index (Phi) is 4.39. The third-order valence-electron chi connectivity index (χ3n) is 2.84. The monoisotopic (exact) mass is 353 g/mol. The number of aromatic nitrogens is 1. The molecular formula is C14H6ClF6NO. The molecule has 0 aliphatic rings. The lowest BCUT2D eigenvalue weighted by molar-refractivity contribution is -0.138. The van der Waals surface area contributed by atoms with Gasteiger partial charge in [-0.05, 0) is 18.2 Å². The van der Waals surface area contributed by atoms with Crippen LogP contribution in [0.5, 0.6) is 0 Å². The van der Waals surface area contributed by atoms with Crippen molar-refractivity contribution in [2.75, 3.05) is 0 Å². The van der Waals surface area contributed by atoms with Crippen molar-refractivity contribution in [2.24, 2.45) is 0 Å². The Labute approximate surface area is 130 Å². The molecule has 2 aromatic rings. The van der Waals surface area contributed by atoms with Crippen LogP contribution in [0.2, 0.25) is 5.02 Å². The van der Waals surface area contributed by atoms with Crippen molar-refractivity contribution in [2.45, 2.75) is 12.4 Å². The van der Waals surface area contributed by atoms with Gasteiger partial charge in [0.2, 0.25) is 5.78 Å². The zero-order valence-electron chi connectivity index (χ0n) is 11.0. The zero-order chi connectivity index (χ0) is 17.4. The van der Waals surface area contributed by atoms with Gasteiger partial charge in [0.25, 0.3) is 0 Å². The maximum absolute atomic E-state index is 12.6. The number of halogens is 7. The van der Waals surface area contributed by atoms with E-state index in [-0.39, 0.29) is 5.56 Å². The van der Waals surface area contributed by atoms with Gasteiger partial charge in [0.05, 0.1) is 16.1 Å². The number of rotatable bonds is 2. The fourth-order valence-corrected chi connectivity index (χ4v) is 1.99. The fourth-order valence-electron chi connectivity index (χ4n) is 1.73. The number of hydrogen-bond acceptors (Lipinski definition) is 2. The molecule has 0 radical (unpaired) electrons. The largest absolute Gasteiger partial charge is 0.417 e. The molecule has 0 bridgehead atoms. The number of alkyl halides is 6. The van der Waals surface area contributed by atoms with Crippen LogP contribution in [0.1, 0.15) is 27.2 Å². The van der Waals surface area contributed by atoms with Gasteiger partial charge in [-0.15, -0.1) is 0 Å². The van der Waals surface area contributed by atoms with E-state index in [0.29, 0.717) is 18.3 Å². The number of ketones is 1. The first-order valence-electron chi connectivity index (χ1n) is 5.95. The zero-order valence-corrected chi connectivity index (χ0v) is 11.7. The summed E-state index contributed by atoms with van der Waals surface area (Å²) >= 11 is 5.60. The Morgan fingerprint density at radius 3 is 2.09 bits per heavy atom. The first-order chi connectivity index (χ1) is 10.5. The minimum absolute atomic E-state index is 0.381. The maximum Gasteiger partial charge on any atom is 0.417 e. The summed E-state index contributed by atoms with van der Waals surface area (Å²) in [4.78, 5) is 15.4. The van der Waals surface area contributed by atoms with Crippen LogP contribution in [0.3, 0.4) is 0 Å². The lowest BCUT2D eigenvalue weighted by Crippen LogP contribution is -2.11. The number of carbonyl (C=O) groups excluding carboxylic acids is 1. The molecule has 0 atom stereocenters. The molecule has 1 aromatic carbocycles. The Morgan fingerprint density at radius 1 is 0.957 bits per heavy atom. The number of nitrogens with zero attached hydrogens (tertiary/aromatic N) is 1. The van der Waals surface area contributed by atoms with Crippen molar-refractivity contribution in [1.82, 2.24) is 4.98 Å². The van der Waals surface area contributed by atoms with Crippen molar-refractivity contribution in [3.8, 4) is 0 Å². The number of hydrogen-bond donors (Lipinski definition) is 0. The van der Waals surface area contributed by atoms with Gasteiger partial charge in [-0.3, -0.25) is 9.78 Å². The van der Waals surface area contributed by atoms with E-state index in [4.69, 9.17) is 11.6 Å². The molecule has 9 heteroatoms. The van der Waals surface area contributed by atoms with E-state index < -0.39 is 40.0 Å². The number of benzene rings is 1. The van der Waals surface area contributed by atoms with Crippen LogP contribution in [0.25, 0.3) is 0 Å². The van der Waals surface area contributed by atoms with Crippen LogP contribution in [0.15, 0.2) is 36.5 Å². The molecule has 0 N–H and O–H groups in total. The van der Waals surface area contributed by atoms with Crippen molar-refractivity contribution in [3.05, 3.63) is 63.9 Å². The van der Waals surface area contributed by atoms with Crippen LogP contribution in [-0.4, -0.2) is 10.8 Å². The maximum atomic E-state index is 12.6. The van der Waals surface area contributed by atoms with E-state index in [1.807, 2.05) is 0 Å². The smallest absolute Gasteiger partial charge is 0.287 e. The molecule has 1 heterocycles. The van der Waals surface area contributed by atoms with E-state index >= 15 is 0 Å². The minimum Gasteiger partial charge on any atom is -0.287 e. The Bertz CT molecular complexity index is 754. The molecule has 2 rings (SSSR count). The average Bonchev–Trinajstić information content (AvgIpc) is 2.45. The second kappa shape index (κ2) is 5.84. The van der Waals surface area contributed by atoms with Crippen molar-refractivity contribution >= 4 is 17.4 Å². The van der Waals surface area contributed by atoms with E-state index in [9.17, 15) is 31.1 Å². The molecule has 23 heavy (non-hydrogen) atoms.